The fourth-order valence-electron chi connectivity index (χ4n) is 3.64. The molecule has 1 atom stereocenters. The Labute approximate surface area is 144 Å². The molecule has 7 nitrogen and oxygen atoms in total. The van der Waals surface area contributed by atoms with E-state index in [4.69, 9.17) is 10.7 Å². The van der Waals surface area contributed by atoms with Gasteiger partial charge in [-0.05, 0) is 37.6 Å². The number of H-pyrrole nitrogens is 2. The first kappa shape index (κ1) is 14.4. The number of nitrogens with two attached hydrogens (primary N) is 1. The minimum Gasteiger partial charge on any atom is -0.382 e. The number of aromatic nitrogens is 5. The molecule has 0 saturated carbocycles. The smallest absolute Gasteiger partial charge is 0.150 e. The van der Waals surface area contributed by atoms with E-state index in [9.17, 15) is 0 Å². The van der Waals surface area contributed by atoms with Crippen LogP contribution in [0, 0.1) is 0 Å². The third kappa shape index (κ3) is 2.35. The van der Waals surface area contributed by atoms with Crippen LogP contribution in [0.2, 0.25) is 0 Å². The number of piperidine rings is 1. The standard InChI is InChI=1S/C18H19N7/c19-17-16-15(23-18(24-16)11-2-1-6-20-9-11)12-4-3-10(8-14(12)22-17)13-5-7-21-25-13/h3-5,7-8,11,20H,1-2,6,9H2,(H2,19,22)(H,21,25)(H,23,24)/t11-/m0/s1. The molecule has 25 heavy (non-hydrogen) atoms. The van der Waals surface area contributed by atoms with E-state index < -0.39 is 0 Å². The lowest BCUT2D eigenvalue weighted by Crippen LogP contribution is -2.28. The number of pyridine rings is 1. The van der Waals surface area contributed by atoms with Gasteiger partial charge in [-0.1, -0.05) is 6.07 Å². The Balaban J connectivity index is 1.67. The van der Waals surface area contributed by atoms with Gasteiger partial charge in [0.25, 0.3) is 0 Å². The van der Waals surface area contributed by atoms with Crippen LogP contribution in [0.1, 0.15) is 24.6 Å². The van der Waals surface area contributed by atoms with Crippen molar-refractivity contribution in [2.24, 2.45) is 0 Å². The molecule has 0 spiro atoms. The summed E-state index contributed by atoms with van der Waals surface area (Å²) >= 11 is 0. The van der Waals surface area contributed by atoms with Gasteiger partial charge < -0.3 is 16.0 Å². The molecule has 0 aliphatic carbocycles. The zero-order valence-electron chi connectivity index (χ0n) is 13.7. The Morgan fingerprint density at radius 2 is 2.12 bits per heavy atom. The molecule has 1 aliphatic heterocycles. The second-order valence-corrected chi connectivity index (χ2v) is 6.59. The lowest BCUT2D eigenvalue weighted by atomic mass is 9.99. The summed E-state index contributed by atoms with van der Waals surface area (Å²) < 4.78 is 0. The van der Waals surface area contributed by atoms with Crippen LogP contribution in [-0.2, 0) is 0 Å². The Morgan fingerprint density at radius 1 is 1.16 bits per heavy atom. The number of nitrogens with zero attached hydrogens (tertiary/aromatic N) is 3. The van der Waals surface area contributed by atoms with Crippen LogP contribution >= 0.6 is 0 Å². The molecular weight excluding hydrogens is 314 g/mol. The second kappa shape index (κ2) is 5.56. The largest absolute Gasteiger partial charge is 0.382 e. The fourth-order valence-corrected chi connectivity index (χ4v) is 3.64. The van der Waals surface area contributed by atoms with Gasteiger partial charge in [0.05, 0.1) is 11.2 Å². The first-order valence-corrected chi connectivity index (χ1v) is 8.59. The van der Waals surface area contributed by atoms with Crippen molar-refractivity contribution >= 4 is 27.8 Å². The zero-order chi connectivity index (χ0) is 16.8. The van der Waals surface area contributed by atoms with Gasteiger partial charge in [-0.15, -0.1) is 0 Å². The summed E-state index contributed by atoms with van der Waals surface area (Å²) in [6, 6.07) is 8.08. The van der Waals surface area contributed by atoms with E-state index >= 15 is 0 Å². The highest BCUT2D eigenvalue weighted by Gasteiger charge is 2.20. The van der Waals surface area contributed by atoms with Gasteiger partial charge in [-0.25, -0.2) is 9.97 Å². The van der Waals surface area contributed by atoms with Crippen molar-refractivity contribution in [3.8, 4) is 11.3 Å². The van der Waals surface area contributed by atoms with Crippen LogP contribution in [0.25, 0.3) is 33.2 Å². The van der Waals surface area contributed by atoms with Crippen LogP contribution in [0.4, 0.5) is 5.82 Å². The SMILES string of the molecule is Nc1nc2cc(-c3ccn[nH]3)ccc2c2nc([C@H]3CCCNC3)[nH]c12. The Kier molecular flexibility index (Phi) is 3.21. The molecule has 4 heterocycles. The van der Waals surface area contributed by atoms with Gasteiger partial charge in [0.15, 0.2) is 0 Å². The number of nitrogens with one attached hydrogen (secondary N) is 3. The molecule has 0 amide bonds. The molecule has 1 saturated heterocycles. The number of rotatable bonds is 2. The minimum absolute atomic E-state index is 0.403. The first-order valence-electron chi connectivity index (χ1n) is 8.59. The highest BCUT2D eigenvalue weighted by molar-refractivity contribution is 6.07. The molecule has 1 aromatic carbocycles. The first-order chi connectivity index (χ1) is 12.3. The summed E-state index contributed by atoms with van der Waals surface area (Å²) in [7, 11) is 0. The molecule has 1 fully saturated rings. The van der Waals surface area contributed by atoms with Gasteiger partial charge >= 0.3 is 0 Å². The molecule has 126 valence electrons. The molecule has 5 rings (SSSR count). The molecule has 3 aromatic heterocycles. The van der Waals surface area contributed by atoms with E-state index in [2.05, 4.69) is 37.6 Å². The molecule has 1 aliphatic rings. The summed E-state index contributed by atoms with van der Waals surface area (Å²) in [6.07, 6.45) is 4.05. The molecule has 5 N–H and O–H groups in total. The maximum Gasteiger partial charge on any atom is 0.150 e. The van der Waals surface area contributed by atoms with E-state index in [0.717, 1.165) is 58.5 Å². The van der Waals surface area contributed by atoms with Crippen LogP contribution in [0.15, 0.2) is 30.5 Å². The Morgan fingerprint density at radius 3 is 2.92 bits per heavy atom. The number of hydrogen-bond acceptors (Lipinski definition) is 5. The third-order valence-corrected chi connectivity index (χ3v) is 4.97. The van der Waals surface area contributed by atoms with E-state index in [1.807, 2.05) is 12.1 Å². The van der Waals surface area contributed by atoms with E-state index in [0.29, 0.717) is 11.7 Å². The number of aromatic amines is 2. The van der Waals surface area contributed by atoms with Gasteiger partial charge in [0, 0.05) is 29.6 Å². The number of imidazole rings is 1. The van der Waals surface area contributed by atoms with Gasteiger partial charge in [-0.3, -0.25) is 5.10 Å². The van der Waals surface area contributed by atoms with Crippen LogP contribution in [0.3, 0.4) is 0 Å². The number of fused-ring (bicyclic) bond motifs is 3. The molecule has 4 aromatic rings. The van der Waals surface area contributed by atoms with Crippen molar-refractivity contribution in [1.82, 2.24) is 30.5 Å². The monoisotopic (exact) mass is 333 g/mol. The Hall–Kier alpha value is -2.93. The molecule has 0 radical (unpaired) electrons. The third-order valence-electron chi connectivity index (χ3n) is 4.97. The molecule has 0 bridgehead atoms. The van der Waals surface area contributed by atoms with Gasteiger partial charge in [0.2, 0.25) is 0 Å². The maximum absolute atomic E-state index is 6.22. The van der Waals surface area contributed by atoms with Gasteiger partial charge in [-0.2, -0.15) is 5.10 Å². The minimum atomic E-state index is 0.403. The summed E-state index contributed by atoms with van der Waals surface area (Å²) in [4.78, 5) is 12.9. The molecule has 7 heteroatoms. The highest BCUT2D eigenvalue weighted by Crippen LogP contribution is 2.31. The average molecular weight is 333 g/mol. The van der Waals surface area contributed by atoms with Crippen molar-refractivity contribution in [3.63, 3.8) is 0 Å². The predicted octanol–water partition coefficient (Wildman–Crippen LogP) is 2.55. The highest BCUT2D eigenvalue weighted by atomic mass is 15.1. The maximum atomic E-state index is 6.22. The van der Waals surface area contributed by atoms with Crippen molar-refractivity contribution < 1.29 is 0 Å². The summed E-state index contributed by atoms with van der Waals surface area (Å²) in [5, 5.41) is 11.4. The zero-order valence-corrected chi connectivity index (χ0v) is 13.7. The van der Waals surface area contributed by atoms with Gasteiger partial charge in [0.1, 0.15) is 22.7 Å². The summed E-state index contributed by atoms with van der Waals surface area (Å²) in [6.45, 7) is 2.04. The quantitative estimate of drug-likeness (QED) is 0.451. The summed E-state index contributed by atoms with van der Waals surface area (Å²) in [5.74, 6) is 1.90. The average Bonchev–Trinajstić information content (AvgIpc) is 3.32. The predicted molar refractivity (Wildman–Crippen MR) is 98.2 cm³/mol. The lowest BCUT2D eigenvalue weighted by Gasteiger charge is -2.20. The molecular formula is C18H19N7. The number of nitrogen functional groups attached to an aromatic ring is 1. The van der Waals surface area contributed by atoms with Crippen LogP contribution in [-0.4, -0.2) is 38.2 Å². The Bertz CT molecular complexity index is 1040. The van der Waals surface area contributed by atoms with Crippen LogP contribution < -0.4 is 11.1 Å². The van der Waals surface area contributed by atoms with Crippen molar-refractivity contribution in [2.45, 2.75) is 18.8 Å². The van der Waals surface area contributed by atoms with Crippen molar-refractivity contribution in [1.29, 1.82) is 0 Å². The fraction of sp³-hybridized carbons (Fsp3) is 0.278. The second-order valence-electron chi connectivity index (χ2n) is 6.59. The number of benzene rings is 1. The van der Waals surface area contributed by atoms with Crippen molar-refractivity contribution in [3.05, 3.63) is 36.3 Å². The van der Waals surface area contributed by atoms with E-state index in [-0.39, 0.29) is 0 Å². The topological polar surface area (TPSA) is 108 Å². The van der Waals surface area contributed by atoms with Crippen molar-refractivity contribution in [2.75, 3.05) is 18.8 Å². The lowest BCUT2D eigenvalue weighted by molar-refractivity contribution is 0.449. The number of hydrogen-bond donors (Lipinski definition) is 4. The summed E-state index contributed by atoms with van der Waals surface area (Å²) in [5.41, 5.74) is 10.8. The van der Waals surface area contributed by atoms with E-state index in [1.165, 1.54) is 6.42 Å². The van der Waals surface area contributed by atoms with E-state index in [1.54, 1.807) is 6.20 Å². The van der Waals surface area contributed by atoms with Crippen LogP contribution in [0.5, 0.6) is 0 Å². The molecule has 0 unspecified atom stereocenters. The number of anilines is 1. The normalized spacial score (nSPS) is 18.2.